The maximum Gasteiger partial charge on any atom is 0.251 e. The van der Waals surface area contributed by atoms with Gasteiger partial charge >= 0.3 is 0 Å². The molecule has 3 N–H and O–H groups in total. The molecule has 0 heterocycles. The van der Waals surface area contributed by atoms with E-state index < -0.39 is 12.7 Å². The zero-order chi connectivity index (χ0) is 14.3. The van der Waals surface area contributed by atoms with Crippen molar-refractivity contribution in [1.82, 2.24) is 5.32 Å². The quantitative estimate of drug-likeness (QED) is 0.657. The van der Waals surface area contributed by atoms with Gasteiger partial charge in [0.25, 0.3) is 5.91 Å². The molecule has 6 nitrogen and oxygen atoms in total. The van der Waals surface area contributed by atoms with Gasteiger partial charge in [0.2, 0.25) is 0 Å². The molecule has 0 aromatic heterocycles. The summed E-state index contributed by atoms with van der Waals surface area (Å²) >= 11 is 0. The molecule has 0 radical (unpaired) electrons. The van der Waals surface area contributed by atoms with Crippen molar-refractivity contribution in [3.63, 3.8) is 0 Å². The Bertz CT molecular complexity index is 421. The lowest BCUT2D eigenvalue weighted by Gasteiger charge is -2.12. The van der Waals surface area contributed by atoms with Gasteiger partial charge in [-0.25, -0.2) is 0 Å². The molecule has 0 bridgehead atoms. The number of carbonyl (C=O) groups excluding carboxylic acids is 1. The van der Waals surface area contributed by atoms with Crippen LogP contribution in [-0.2, 0) is 0 Å². The van der Waals surface area contributed by atoms with Gasteiger partial charge in [-0.15, -0.1) is 0 Å². The molecule has 0 aliphatic heterocycles. The SMILES string of the molecule is CCOc1ccc(C(=O)NCC(O)CO)cc1OC. The Morgan fingerprint density at radius 1 is 1.42 bits per heavy atom. The highest BCUT2D eigenvalue weighted by Crippen LogP contribution is 2.27. The Morgan fingerprint density at radius 2 is 2.16 bits per heavy atom. The van der Waals surface area contributed by atoms with Crippen molar-refractivity contribution in [2.75, 3.05) is 26.9 Å². The largest absolute Gasteiger partial charge is 0.493 e. The minimum atomic E-state index is -0.964. The van der Waals surface area contributed by atoms with E-state index in [1.807, 2.05) is 6.92 Å². The van der Waals surface area contributed by atoms with Gasteiger partial charge in [-0.3, -0.25) is 4.79 Å². The smallest absolute Gasteiger partial charge is 0.251 e. The molecule has 1 amide bonds. The van der Waals surface area contributed by atoms with Crippen molar-refractivity contribution in [3.05, 3.63) is 23.8 Å². The first-order valence-corrected chi connectivity index (χ1v) is 6.00. The Hall–Kier alpha value is -1.79. The molecule has 1 rings (SSSR count). The minimum Gasteiger partial charge on any atom is -0.493 e. The normalized spacial score (nSPS) is 11.8. The average molecular weight is 269 g/mol. The van der Waals surface area contributed by atoms with E-state index in [0.29, 0.717) is 23.7 Å². The van der Waals surface area contributed by atoms with Gasteiger partial charge in [-0.05, 0) is 25.1 Å². The van der Waals surface area contributed by atoms with E-state index in [9.17, 15) is 4.79 Å². The van der Waals surface area contributed by atoms with Gasteiger partial charge in [0.1, 0.15) is 0 Å². The van der Waals surface area contributed by atoms with Crippen LogP contribution in [0.15, 0.2) is 18.2 Å². The van der Waals surface area contributed by atoms with Gasteiger partial charge < -0.3 is 25.0 Å². The van der Waals surface area contributed by atoms with Crippen molar-refractivity contribution < 1.29 is 24.5 Å². The third-order valence-corrected chi connectivity index (χ3v) is 2.43. The number of aliphatic hydroxyl groups excluding tert-OH is 2. The van der Waals surface area contributed by atoms with Gasteiger partial charge in [-0.1, -0.05) is 0 Å². The summed E-state index contributed by atoms with van der Waals surface area (Å²) in [6, 6.07) is 4.82. The van der Waals surface area contributed by atoms with Crippen LogP contribution >= 0.6 is 0 Å². The molecule has 0 aliphatic carbocycles. The highest BCUT2D eigenvalue weighted by Gasteiger charge is 2.12. The molecule has 1 atom stereocenters. The number of hydrogen-bond donors (Lipinski definition) is 3. The number of hydrogen-bond acceptors (Lipinski definition) is 5. The lowest BCUT2D eigenvalue weighted by molar-refractivity contribution is 0.0801. The van der Waals surface area contributed by atoms with Crippen molar-refractivity contribution in [3.8, 4) is 11.5 Å². The number of ether oxygens (including phenoxy) is 2. The third-order valence-electron chi connectivity index (χ3n) is 2.43. The molecule has 0 saturated heterocycles. The fourth-order valence-electron chi connectivity index (χ4n) is 1.46. The first-order valence-electron chi connectivity index (χ1n) is 6.00. The molecule has 1 aromatic carbocycles. The van der Waals surface area contributed by atoms with E-state index in [-0.39, 0.29) is 12.5 Å². The molecule has 106 valence electrons. The monoisotopic (exact) mass is 269 g/mol. The second-order valence-corrected chi connectivity index (χ2v) is 3.85. The molecular formula is C13H19NO5. The molecule has 19 heavy (non-hydrogen) atoms. The van der Waals surface area contributed by atoms with E-state index in [2.05, 4.69) is 5.32 Å². The van der Waals surface area contributed by atoms with Crippen molar-refractivity contribution >= 4 is 5.91 Å². The Labute approximate surface area is 112 Å². The van der Waals surface area contributed by atoms with Gasteiger partial charge in [-0.2, -0.15) is 0 Å². The average Bonchev–Trinajstić information content (AvgIpc) is 2.44. The highest BCUT2D eigenvalue weighted by atomic mass is 16.5. The summed E-state index contributed by atoms with van der Waals surface area (Å²) in [6.07, 6.45) is -0.964. The number of methoxy groups -OCH3 is 1. The lowest BCUT2D eigenvalue weighted by atomic mass is 10.2. The predicted molar refractivity (Wildman–Crippen MR) is 69.6 cm³/mol. The van der Waals surface area contributed by atoms with Crippen LogP contribution in [0.2, 0.25) is 0 Å². The molecule has 6 heteroatoms. The Kier molecular flexibility index (Phi) is 6.11. The zero-order valence-electron chi connectivity index (χ0n) is 11.0. The molecule has 0 fully saturated rings. The highest BCUT2D eigenvalue weighted by molar-refractivity contribution is 5.94. The molecule has 0 spiro atoms. The van der Waals surface area contributed by atoms with Crippen molar-refractivity contribution in [1.29, 1.82) is 0 Å². The van der Waals surface area contributed by atoms with Crippen LogP contribution in [0.1, 0.15) is 17.3 Å². The summed E-state index contributed by atoms with van der Waals surface area (Å²) < 4.78 is 10.5. The molecular weight excluding hydrogens is 250 g/mol. The maximum absolute atomic E-state index is 11.8. The third kappa shape index (κ3) is 4.42. The Morgan fingerprint density at radius 3 is 2.74 bits per heavy atom. The number of carbonyl (C=O) groups is 1. The van der Waals surface area contributed by atoms with Crippen LogP contribution in [-0.4, -0.2) is 49.1 Å². The first kappa shape index (κ1) is 15.3. The van der Waals surface area contributed by atoms with Crippen LogP contribution < -0.4 is 14.8 Å². The first-order chi connectivity index (χ1) is 9.12. The minimum absolute atomic E-state index is 0.00907. The van der Waals surface area contributed by atoms with Crippen LogP contribution in [0.25, 0.3) is 0 Å². The summed E-state index contributed by atoms with van der Waals surface area (Å²) in [6.45, 7) is 1.96. The molecule has 1 aromatic rings. The van der Waals surface area contributed by atoms with Crippen molar-refractivity contribution in [2.45, 2.75) is 13.0 Å². The number of benzene rings is 1. The zero-order valence-corrected chi connectivity index (χ0v) is 11.0. The van der Waals surface area contributed by atoms with Crippen LogP contribution in [0.3, 0.4) is 0 Å². The van der Waals surface area contributed by atoms with E-state index in [1.165, 1.54) is 7.11 Å². The summed E-state index contributed by atoms with van der Waals surface area (Å²) in [5, 5.41) is 20.3. The molecule has 0 aliphatic rings. The lowest BCUT2D eigenvalue weighted by Crippen LogP contribution is -2.33. The molecule has 1 unspecified atom stereocenters. The second kappa shape index (κ2) is 7.60. The maximum atomic E-state index is 11.8. The summed E-state index contributed by atoms with van der Waals surface area (Å²) in [5.74, 6) is 0.683. The fourth-order valence-corrected chi connectivity index (χ4v) is 1.46. The van der Waals surface area contributed by atoms with Crippen LogP contribution in [0, 0.1) is 0 Å². The summed E-state index contributed by atoms with van der Waals surface area (Å²) in [5.41, 5.74) is 0.394. The fraction of sp³-hybridized carbons (Fsp3) is 0.462. The van der Waals surface area contributed by atoms with E-state index >= 15 is 0 Å². The Balaban J connectivity index is 2.75. The van der Waals surface area contributed by atoms with Crippen molar-refractivity contribution in [2.24, 2.45) is 0 Å². The van der Waals surface area contributed by atoms with E-state index in [0.717, 1.165) is 0 Å². The van der Waals surface area contributed by atoms with Gasteiger partial charge in [0.15, 0.2) is 11.5 Å². The van der Waals surface area contributed by atoms with Gasteiger partial charge in [0.05, 0.1) is 26.4 Å². The standard InChI is InChI=1S/C13H19NO5/c1-3-19-11-5-4-9(6-12(11)18-2)13(17)14-7-10(16)8-15/h4-6,10,15-16H,3,7-8H2,1-2H3,(H,14,17). The van der Waals surface area contributed by atoms with E-state index in [4.69, 9.17) is 19.7 Å². The number of amides is 1. The van der Waals surface area contributed by atoms with Gasteiger partial charge in [0, 0.05) is 12.1 Å². The summed E-state index contributed by atoms with van der Waals surface area (Å²) in [4.78, 5) is 11.8. The molecule has 0 saturated carbocycles. The topological polar surface area (TPSA) is 88.0 Å². The number of nitrogens with one attached hydrogen (secondary N) is 1. The van der Waals surface area contributed by atoms with Crippen LogP contribution in [0.5, 0.6) is 11.5 Å². The predicted octanol–water partition coefficient (Wildman–Crippen LogP) is 0.177. The van der Waals surface area contributed by atoms with Crippen LogP contribution in [0.4, 0.5) is 0 Å². The second-order valence-electron chi connectivity index (χ2n) is 3.85. The van der Waals surface area contributed by atoms with E-state index in [1.54, 1.807) is 18.2 Å². The number of aliphatic hydroxyl groups is 2. The number of rotatable bonds is 7. The summed E-state index contributed by atoms with van der Waals surface area (Å²) in [7, 11) is 1.50.